The summed E-state index contributed by atoms with van der Waals surface area (Å²) in [7, 11) is 0. The molecule has 0 aromatic heterocycles. The third-order valence-corrected chi connectivity index (χ3v) is 5.81. The van der Waals surface area contributed by atoms with Crippen LogP contribution < -0.4 is 0 Å². The van der Waals surface area contributed by atoms with Crippen molar-refractivity contribution in [2.45, 2.75) is 38.7 Å². The van der Waals surface area contributed by atoms with Crippen LogP contribution in [0.15, 0.2) is 28.6 Å². The minimum atomic E-state index is -0.887. The van der Waals surface area contributed by atoms with Gasteiger partial charge in [0.05, 0.1) is 11.4 Å². The van der Waals surface area contributed by atoms with E-state index in [4.69, 9.17) is 5.53 Å². The summed E-state index contributed by atoms with van der Waals surface area (Å²) in [6.45, 7) is 8.60. The summed E-state index contributed by atoms with van der Waals surface area (Å²) in [6.07, 6.45) is 1.93. The Hall–Kier alpha value is -1.45. The Morgan fingerprint density at radius 2 is 2.25 bits per heavy atom. The standard InChI is InChI=1S/C15H21N3O2/c1-8-4-14(3)7-15(8,20)5-10-9(2)12(13(10)19)11(14)6-17-18-16/h9-11,19-20H,1,4-7H2,2-3H3/t9?,10-,11+,14+,15+/m1/s1. The molecule has 108 valence electrons. The molecule has 5 nitrogen and oxygen atoms in total. The molecule has 4 bridgehead atoms. The average molecular weight is 275 g/mol. The Labute approximate surface area is 118 Å². The lowest BCUT2D eigenvalue weighted by Gasteiger charge is -2.50. The second-order valence-corrected chi connectivity index (χ2v) is 7.05. The largest absolute Gasteiger partial charge is 0.512 e. The molecule has 5 atom stereocenters. The molecule has 1 unspecified atom stereocenters. The summed E-state index contributed by atoms with van der Waals surface area (Å²) in [5.74, 6) is 0.666. The fourth-order valence-corrected chi connectivity index (χ4v) is 4.72. The first kappa shape index (κ1) is 13.5. The zero-order chi connectivity index (χ0) is 14.7. The molecule has 0 radical (unpaired) electrons. The summed E-state index contributed by atoms with van der Waals surface area (Å²) in [5, 5.41) is 25.0. The summed E-state index contributed by atoms with van der Waals surface area (Å²) >= 11 is 0. The highest BCUT2D eigenvalue weighted by molar-refractivity contribution is 5.38. The van der Waals surface area contributed by atoms with Gasteiger partial charge in [-0.2, -0.15) is 0 Å². The molecular formula is C15H21N3O2. The van der Waals surface area contributed by atoms with Crippen molar-refractivity contribution in [2.75, 3.05) is 6.54 Å². The van der Waals surface area contributed by atoms with E-state index in [1.807, 2.05) is 0 Å². The summed E-state index contributed by atoms with van der Waals surface area (Å²) in [5.41, 5.74) is 9.43. The second-order valence-electron chi connectivity index (χ2n) is 7.05. The molecule has 4 aliphatic rings. The van der Waals surface area contributed by atoms with E-state index in [9.17, 15) is 10.2 Å². The maximum Gasteiger partial charge on any atom is 0.0958 e. The van der Waals surface area contributed by atoms with E-state index in [0.29, 0.717) is 25.1 Å². The van der Waals surface area contributed by atoms with Gasteiger partial charge in [-0.3, -0.25) is 0 Å². The lowest BCUT2D eigenvalue weighted by molar-refractivity contribution is -0.00588. The Kier molecular flexibility index (Phi) is 2.72. The van der Waals surface area contributed by atoms with Crippen molar-refractivity contribution < 1.29 is 10.2 Å². The smallest absolute Gasteiger partial charge is 0.0958 e. The van der Waals surface area contributed by atoms with Gasteiger partial charge in [0.2, 0.25) is 0 Å². The van der Waals surface area contributed by atoms with E-state index in [0.717, 1.165) is 17.6 Å². The van der Waals surface area contributed by atoms with Crippen molar-refractivity contribution in [3.05, 3.63) is 33.9 Å². The lowest BCUT2D eigenvalue weighted by Crippen LogP contribution is -2.47. The van der Waals surface area contributed by atoms with Crippen molar-refractivity contribution in [1.82, 2.24) is 0 Å². The Bertz CT molecular complexity index is 563. The predicted octanol–water partition coefficient (Wildman–Crippen LogP) is 3.48. The molecular weight excluding hydrogens is 254 g/mol. The normalized spacial score (nSPS) is 46.4. The van der Waals surface area contributed by atoms with Crippen molar-refractivity contribution in [3.8, 4) is 0 Å². The summed E-state index contributed by atoms with van der Waals surface area (Å²) in [6, 6.07) is 0. The fraction of sp³-hybridized carbons (Fsp3) is 0.733. The topological polar surface area (TPSA) is 89.2 Å². The van der Waals surface area contributed by atoms with Gasteiger partial charge in [-0.1, -0.05) is 25.5 Å². The van der Waals surface area contributed by atoms with Crippen LogP contribution in [-0.2, 0) is 0 Å². The lowest BCUT2D eigenvalue weighted by atomic mass is 9.56. The average Bonchev–Trinajstić information content (AvgIpc) is 2.63. The second kappa shape index (κ2) is 4.03. The molecule has 0 spiro atoms. The summed E-state index contributed by atoms with van der Waals surface area (Å²) in [4.78, 5) is 2.87. The number of rotatable bonds is 2. The third-order valence-electron chi connectivity index (χ3n) is 5.81. The number of nitrogens with zero attached hydrogens (tertiary/aromatic N) is 3. The number of aliphatic hydroxyl groups excluding tert-OH is 1. The number of allylic oxidation sites excluding steroid dienone is 1. The maximum atomic E-state index is 10.9. The molecule has 4 aliphatic carbocycles. The Morgan fingerprint density at radius 3 is 2.85 bits per heavy atom. The van der Waals surface area contributed by atoms with Gasteiger partial charge >= 0.3 is 0 Å². The molecule has 2 saturated carbocycles. The van der Waals surface area contributed by atoms with Gasteiger partial charge in [-0.25, -0.2) is 0 Å². The van der Waals surface area contributed by atoms with E-state index in [1.165, 1.54) is 0 Å². The molecule has 0 saturated heterocycles. The van der Waals surface area contributed by atoms with Gasteiger partial charge in [0, 0.05) is 17.4 Å². The van der Waals surface area contributed by atoms with E-state index < -0.39 is 5.60 Å². The first-order valence-electron chi connectivity index (χ1n) is 7.17. The van der Waals surface area contributed by atoms with Crippen molar-refractivity contribution >= 4 is 0 Å². The highest BCUT2D eigenvalue weighted by Gasteiger charge is 2.59. The first-order valence-corrected chi connectivity index (χ1v) is 7.17. The monoisotopic (exact) mass is 275 g/mol. The first-order chi connectivity index (χ1) is 9.32. The molecule has 5 heteroatoms. The van der Waals surface area contributed by atoms with Crippen LogP contribution in [0.2, 0.25) is 0 Å². The molecule has 2 N–H and O–H groups in total. The molecule has 0 amide bonds. The van der Waals surface area contributed by atoms with Crippen LogP contribution in [0.1, 0.15) is 33.1 Å². The minimum absolute atomic E-state index is 0.00396. The minimum Gasteiger partial charge on any atom is -0.512 e. The van der Waals surface area contributed by atoms with Crippen LogP contribution in [0.4, 0.5) is 0 Å². The van der Waals surface area contributed by atoms with Crippen LogP contribution in [0.25, 0.3) is 10.4 Å². The van der Waals surface area contributed by atoms with Gasteiger partial charge in [0.1, 0.15) is 0 Å². The zero-order valence-electron chi connectivity index (χ0n) is 12.0. The summed E-state index contributed by atoms with van der Waals surface area (Å²) < 4.78 is 0. The maximum absolute atomic E-state index is 10.9. The highest BCUT2D eigenvalue weighted by atomic mass is 16.3. The van der Waals surface area contributed by atoms with Gasteiger partial charge in [-0.05, 0) is 53.2 Å². The van der Waals surface area contributed by atoms with Gasteiger partial charge in [0.25, 0.3) is 0 Å². The Morgan fingerprint density at radius 1 is 1.55 bits per heavy atom. The molecule has 20 heavy (non-hydrogen) atoms. The molecule has 0 aromatic rings. The van der Waals surface area contributed by atoms with Crippen molar-refractivity contribution in [2.24, 2.45) is 28.3 Å². The zero-order valence-corrected chi connectivity index (χ0v) is 12.0. The van der Waals surface area contributed by atoms with Crippen LogP contribution >= 0.6 is 0 Å². The third kappa shape index (κ3) is 1.57. The molecule has 2 fully saturated rings. The molecule has 0 aromatic carbocycles. The van der Waals surface area contributed by atoms with Crippen molar-refractivity contribution in [3.63, 3.8) is 0 Å². The van der Waals surface area contributed by atoms with E-state index in [-0.39, 0.29) is 23.2 Å². The molecule has 0 heterocycles. The van der Waals surface area contributed by atoms with Gasteiger partial charge in [-0.15, -0.1) is 0 Å². The van der Waals surface area contributed by atoms with Gasteiger partial charge < -0.3 is 10.2 Å². The van der Waals surface area contributed by atoms with E-state index in [1.54, 1.807) is 0 Å². The SMILES string of the molecule is C=C1C[C@@]2(C)C[C@@]1(O)C[C@H]1C(O)=C(C1C)[C@@H]2CN=[N+]=[N-]. The number of azide groups is 1. The van der Waals surface area contributed by atoms with Crippen LogP contribution in [0, 0.1) is 23.2 Å². The van der Waals surface area contributed by atoms with Crippen LogP contribution in [0.5, 0.6) is 0 Å². The predicted molar refractivity (Wildman–Crippen MR) is 75.9 cm³/mol. The molecule has 4 rings (SSSR count). The highest BCUT2D eigenvalue weighted by Crippen LogP contribution is 2.63. The van der Waals surface area contributed by atoms with Crippen LogP contribution in [0.3, 0.4) is 0 Å². The van der Waals surface area contributed by atoms with Gasteiger partial charge in [0.15, 0.2) is 0 Å². The quantitative estimate of drug-likeness (QED) is 0.349. The molecule has 0 aliphatic heterocycles. The Balaban J connectivity index is 2.10. The number of aliphatic hydroxyl groups is 2. The van der Waals surface area contributed by atoms with E-state index in [2.05, 4.69) is 30.5 Å². The van der Waals surface area contributed by atoms with E-state index >= 15 is 0 Å². The number of hydrogen-bond donors (Lipinski definition) is 2. The fourth-order valence-electron chi connectivity index (χ4n) is 4.72. The van der Waals surface area contributed by atoms with Crippen molar-refractivity contribution in [1.29, 1.82) is 0 Å². The van der Waals surface area contributed by atoms with Crippen LogP contribution in [-0.4, -0.2) is 22.4 Å². The number of hydrogen-bond acceptors (Lipinski definition) is 3.